The number of hydrogen-bond acceptors (Lipinski definition) is 3. The Kier molecular flexibility index (Phi) is 3.42. The van der Waals surface area contributed by atoms with Crippen LogP contribution in [0.15, 0.2) is 0 Å². The first kappa shape index (κ1) is 10.4. The van der Waals surface area contributed by atoms with Gasteiger partial charge in [0.2, 0.25) is 0 Å². The van der Waals surface area contributed by atoms with Crippen LogP contribution in [0.4, 0.5) is 0 Å². The number of fused-ring (bicyclic) bond motifs is 2. The Bertz CT molecular complexity index is 186. The first-order valence-electron chi connectivity index (χ1n) is 5.89. The van der Waals surface area contributed by atoms with E-state index in [9.17, 15) is 0 Å². The standard InChI is InChI=1S/C11H22N2O/c1-2-14-11(6-12)8-13-7-9-3-4-10(13)5-9/h9-11H,2-8,12H2,1H3. The van der Waals surface area contributed by atoms with Gasteiger partial charge in [-0.15, -0.1) is 0 Å². The van der Waals surface area contributed by atoms with Gasteiger partial charge in [-0.25, -0.2) is 0 Å². The van der Waals surface area contributed by atoms with E-state index in [0.29, 0.717) is 6.54 Å². The van der Waals surface area contributed by atoms with E-state index >= 15 is 0 Å². The van der Waals surface area contributed by atoms with E-state index < -0.39 is 0 Å². The van der Waals surface area contributed by atoms with Gasteiger partial charge < -0.3 is 10.5 Å². The molecule has 1 aliphatic carbocycles. The van der Waals surface area contributed by atoms with Crippen molar-refractivity contribution in [2.24, 2.45) is 11.7 Å². The van der Waals surface area contributed by atoms with Gasteiger partial charge in [-0.05, 0) is 32.1 Å². The Morgan fingerprint density at radius 1 is 1.50 bits per heavy atom. The predicted molar refractivity (Wildman–Crippen MR) is 57.2 cm³/mol. The minimum absolute atomic E-state index is 0.249. The summed E-state index contributed by atoms with van der Waals surface area (Å²) in [4.78, 5) is 2.58. The Balaban J connectivity index is 1.79. The SMILES string of the molecule is CCOC(CN)CN1CC2CCC1C2. The second-order valence-corrected chi connectivity index (χ2v) is 4.60. The van der Waals surface area contributed by atoms with Crippen molar-refractivity contribution in [3.8, 4) is 0 Å². The fourth-order valence-electron chi connectivity index (χ4n) is 2.94. The third-order valence-corrected chi connectivity index (χ3v) is 3.63. The molecule has 2 N–H and O–H groups in total. The van der Waals surface area contributed by atoms with Crippen LogP contribution in [0, 0.1) is 5.92 Å². The first-order valence-corrected chi connectivity index (χ1v) is 5.89. The average Bonchev–Trinajstić information content (AvgIpc) is 2.78. The highest BCUT2D eigenvalue weighted by atomic mass is 16.5. The molecule has 0 amide bonds. The molecule has 82 valence electrons. The molecular formula is C11H22N2O. The van der Waals surface area contributed by atoms with E-state index in [0.717, 1.165) is 25.1 Å². The summed E-state index contributed by atoms with van der Waals surface area (Å²) in [7, 11) is 0. The van der Waals surface area contributed by atoms with Crippen LogP contribution in [0.3, 0.4) is 0 Å². The molecule has 1 saturated heterocycles. The molecule has 1 saturated carbocycles. The van der Waals surface area contributed by atoms with Crippen LogP contribution in [-0.2, 0) is 4.74 Å². The summed E-state index contributed by atoms with van der Waals surface area (Å²) in [6.07, 6.45) is 4.51. The molecule has 0 aromatic rings. The maximum absolute atomic E-state index is 5.68. The van der Waals surface area contributed by atoms with E-state index in [2.05, 4.69) is 4.90 Å². The molecule has 0 aromatic carbocycles. The topological polar surface area (TPSA) is 38.5 Å². The second kappa shape index (κ2) is 4.60. The number of hydrogen-bond donors (Lipinski definition) is 1. The Labute approximate surface area is 86.6 Å². The summed E-state index contributed by atoms with van der Waals surface area (Å²) in [5.74, 6) is 0.972. The fourth-order valence-corrected chi connectivity index (χ4v) is 2.94. The van der Waals surface area contributed by atoms with Crippen LogP contribution in [-0.4, -0.2) is 43.3 Å². The minimum Gasteiger partial charge on any atom is -0.376 e. The zero-order chi connectivity index (χ0) is 9.97. The summed E-state index contributed by atoms with van der Waals surface area (Å²) in [6.45, 7) is 5.81. The van der Waals surface area contributed by atoms with Crippen LogP contribution in [0.2, 0.25) is 0 Å². The van der Waals surface area contributed by atoms with Gasteiger partial charge in [0.1, 0.15) is 0 Å². The molecule has 0 aromatic heterocycles. The molecule has 1 aliphatic heterocycles. The fraction of sp³-hybridized carbons (Fsp3) is 1.00. The largest absolute Gasteiger partial charge is 0.376 e. The number of nitrogens with two attached hydrogens (primary N) is 1. The summed E-state index contributed by atoms with van der Waals surface area (Å²) >= 11 is 0. The van der Waals surface area contributed by atoms with Gasteiger partial charge in [-0.1, -0.05) is 0 Å². The van der Waals surface area contributed by atoms with Gasteiger partial charge in [0.15, 0.2) is 0 Å². The second-order valence-electron chi connectivity index (χ2n) is 4.60. The highest BCUT2D eigenvalue weighted by Gasteiger charge is 2.38. The lowest BCUT2D eigenvalue weighted by Gasteiger charge is -2.30. The highest BCUT2D eigenvalue weighted by molar-refractivity contribution is 4.92. The molecule has 2 bridgehead atoms. The molecule has 14 heavy (non-hydrogen) atoms. The first-order chi connectivity index (χ1) is 6.83. The lowest BCUT2D eigenvalue weighted by molar-refractivity contribution is 0.0313. The summed E-state index contributed by atoms with van der Waals surface area (Å²) in [5, 5.41) is 0. The molecule has 0 radical (unpaired) electrons. The molecule has 0 spiro atoms. The quantitative estimate of drug-likeness (QED) is 0.711. The van der Waals surface area contributed by atoms with Crippen molar-refractivity contribution in [1.82, 2.24) is 4.90 Å². The van der Waals surface area contributed by atoms with Gasteiger partial charge in [0, 0.05) is 32.3 Å². The lowest BCUT2D eigenvalue weighted by atomic mass is 10.1. The summed E-state index contributed by atoms with van der Waals surface area (Å²) in [6, 6.07) is 0.842. The average molecular weight is 198 g/mol. The van der Waals surface area contributed by atoms with Crippen LogP contribution in [0.25, 0.3) is 0 Å². The molecule has 3 heteroatoms. The number of likely N-dealkylation sites (tertiary alicyclic amines) is 1. The zero-order valence-electron chi connectivity index (χ0n) is 9.11. The monoisotopic (exact) mass is 198 g/mol. The molecule has 2 aliphatic rings. The van der Waals surface area contributed by atoms with Crippen molar-refractivity contribution >= 4 is 0 Å². The minimum atomic E-state index is 0.249. The molecule has 2 fully saturated rings. The molecule has 3 nitrogen and oxygen atoms in total. The molecule has 3 unspecified atom stereocenters. The Morgan fingerprint density at radius 3 is 2.86 bits per heavy atom. The van der Waals surface area contributed by atoms with Crippen LogP contribution in [0.1, 0.15) is 26.2 Å². The van der Waals surface area contributed by atoms with Crippen molar-refractivity contribution in [2.75, 3.05) is 26.2 Å². The van der Waals surface area contributed by atoms with Crippen LogP contribution >= 0.6 is 0 Å². The Morgan fingerprint density at radius 2 is 2.36 bits per heavy atom. The smallest absolute Gasteiger partial charge is 0.0823 e. The van der Waals surface area contributed by atoms with Gasteiger partial charge in [-0.3, -0.25) is 4.90 Å². The molecule has 3 atom stereocenters. The number of piperidine rings is 1. The van der Waals surface area contributed by atoms with E-state index in [1.165, 1.54) is 25.8 Å². The van der Waals surface area contributed by atoms with Crippen molar-refractivity contribution < 1.29 is 4.74 Å². The van der Waals surface area contributed by atoms with Crippen molar-refractivity contribution in [2.45, 2.75) is 38.3 Å². The van der Waals surface area contributed by atoms with Crippen molar-refractivity contribution in [3.05, 3.63) is 0 Å². The van der Waals surface area contributed by atoms with E-state index in [1.54, 1.807) is 0 Å². The third-order valence-electron chi connectivity index (χ3n) is 3.63. The normalized spacial score (nSPS) is 33.9. The number of rotatable bonds is 5. The van der Waals surface area contributed by atoms with Crippen LogP contribution < -0.4 is 5.73 Å². The third kappa shape index (κ3) is 2.10. The summed E-state index contributed by atoms with van der Waals surface area (Å²) < 4.78 is 5.59. The predicted octanol–water partition coefficient (Wildman–Crippen LogP) is 0.834. The summed E-state index contributed by atoms with van der Waals surface area (Å²) in [5.41, 5.74) is 5.68. The zero-order valence-corrected chi connectivity index (χ0v) is 9.11. The maximum atomic E-state index is 5.68. The van der Waals surface area contributed by atoms with Gasteiger partial charge in [0.05, 0.1) is 6.10 Å². The van der Waals surface area contributed by atoms with Crippen molar-refractivity contribution in [1.29, 1.82) is 0 Å². The van der Waals surface area contributed by atoms with Gasteiger partial charge in [0.25, 0.3) is 0 Å². The van der Waals surface area contributed by atoms with Crippen LogP contribution in [0.5, 0.6) is 0 Å². The van der Waals surface area contributed by atoms with Gasteiger partial charge in [-0.2, -0.15) is 0 Å². The lowest BCUT2D eigenvalue weighted by Crippen LogP contribution is -2.42. The van der Waals surface area contributed by atoms with E-state index in [-0.39, 0.29) is 6.10 Å². The number of nitrogens with zero attached hydrogens (tertiary/aromatic N) is 1. The maximum Gasteiger partial charge on any atom is 0.0823 e. The molecule has 2 rings (SSSR count). The molecular weight excluding hydrogens is 176 g/mol. The van der Waals surface area contributed by atoms with E-state index in [1.807, 2.05) is 6.92 Å². The van der Waals surface area contributed by atoms with E-state index in [4.69, 9.17) is 10.5 Å². The molecule has 1 heterocycles. The highest BCUT2D eigenvalue weighted by Crippen LogP contribution is 2.37. The Hall–Kier alpha value is -0.120. The number of ether oxygens (including phenoxy) is 1. The van der Waals surface area contributed by atoms with Crippen molar-refractivity contribution in [3.63, 3.8) is 0 Å². The van der Waals surface area contributed by atoms with Gasteiger partial charge >= 0.3 is 0 Å².